The maximum absolute atomic E-state index is 11.9. The van der Waals surface area contributed by atoms with Crippen LogP contribution in [0.2, 0.25) is 0 Å². The van der Waals surface area contributed by atoms with E-state index in [0.29, 0.717) is 12.5 Å². The van der Waals surface area contributed by atoms with Crippen molar-refractivity contribution in [3.05, 3.63) is 35.9 Å². The highest BCUT2D eigenvalue weighted by Crippen LogP contribution is 2.15. The third-order valence-corrected chi connectivity index (χ3v) is 4.15. The molecule has 2 rings (SSSR count). The van der Waals surface area contributed by atoms with Crippen LogP contribution in [0.25, 0.3) is 0 Å². The number of benzene rings is 1. The number of hydrogen-bond acceptors (Lipinski definition) is 2. The molecule has 1 aromatic carbocycles. The summed E-state index contributed by atoms with van der Waals surface area (Å²) in [5, 5.41) is 3.09. The van der Waals surface area contributed by atoms with Gasteiger partial charge in [-0.05, 0) is 44.3 Å². The maximum atomic E-state index is 11.9. The summed E-state index contributed by atoms with van der Waals surface area (Å²) < 4.78 is 0. The van der Waals surface area contributed by atoms with Gasteiger partial charge in [-0.15, -0.1) is 0 Å². The summed E-state index contributed by atoms with van der Waals surface area (Å²) in [6.45, 7) is 5.29. The Morgan fingerprint density at radius 2 is 2.15 bits per heavy atom. The highest BCUT2D eigenvalue weighted by Gasteiger charge is 2.22. The zero-order chi connectivity index (χ0) is 14.2. The van der Waals surface area contributed by atoms with Crippen LogP contribution in [0.1, 0.15) is 38.2 Å². The topological polar surface area (TPSA) is 32.3 Å². The average molecular weight is 274 g/mol. The fourth-order valence-electron chi connectivity index (χ4n) is 2.96. The first-order chi connectivity index (χ1) is 9.79. The first-order valence-corrected chi connectivity index (χ1v) is 7.84. The van der Waals surface area contributed by atoms with Gasteiger partial charge in [0.15, 0.2) is 0 Å². The van der Waals surface area contributed by atoms with Crippen molar-refractivity contribution >= 4 is 5.91 Å². The number of likely N-dealkylation sites (N-methyl/N-ethyl adjacent to an activating group) is 1. The molecule has 110 valence electrons. The smallest absolute Gasteiger partial charge is 0.220 e. The number of likely N-dealkylation sites (tertiary alicyclic amines) is 1. The van der Waals surface area contributed by atoms with Gasteiger partial charge in [0.05, 0.1) is 0 Å². The molecule has 1 aliphatic heterocycles. The molecular weight excluding hydrogens is 248 g/mol. The maximum Gasteiger partial charge on any atom is 0.220 e. The predicted octanol–water partition coefficient (Wildman–Crippen LogP) is 2.61. The molecule has 0 radical (unpaired) electrons. The van der Waals surface area contributed by atoms with Crippen LogP contribution >= 0.6 is 0 Å². The van der Waals surface area contributed by atoms with Crippen molar-refractivity contribution in [1.82, 2.24) is 10.2 Å². The minimum Gasteiger partial charge on any atom is -0.355 e. The van der Waals surface area contributed by atoms with Gasteiger partial charge in [0.1, 0.15) is 0 Å². The molecule has 1 fully saturated rings. The fourth-order valence-corrected chi connectivity index (χ4v) is 2.96. The van der Waals surface area contributed by atoms with E-state index in [2.05, 4.69) is 41.4 Å². The zero-order valence-corrected chi connectivity index (χ0v) is 12.5. The monoisotopic (exact) mass is 274 g/mol. The van der Waals surface area contributed by atoms with Gasteiger partial charge in [-0.3, -0.25) is 9.69 Å². The molecule has 1 N–H and O–H groups in total. The summed E-state index contributed by atoms with van der Waals surface area (Å²) in [5.74, 6) is 0.198. The third kappa shape index (κ3) is 4.64. The first-order valence-electron chi connectivity index (χ1n) is 7.84. The second-order valence-electron chi connectivity index (χ2n) is 5.57. The Morgan fingerprint density at radius 1 is 1.35 bits per heavy atom. The molecule has 1 amide bonds. The second-order valence-corrected chi connectivity index (χ2v) is 5.57. The van der Waals surface area contributed by atoms with Crippen LogP contribution in [0, 0.1) is 0 Å². The Labute approximate surface area is 122 Å². The van der Waals surface area contributed by atoms with Gasteiger partial charge in [-0.2, -0.15) is 0 Å². The molecule has 0 aliphatic carbocycles. The molecule has 0 saturated carbocycles. The number of carbonyl (C=O) groups excluding carboxylic acids is 1. The van der Waals surface area contributed by atoms with Crippen LogP contribution in [0.15, 0.2) is 30.3 Å². The minimum absolute atomic E-state index is 0.198. The molecule has 1 unspecified atom stereocenters. The summed E-state index contributed by atoms with van der Waals surface area (Å²) >= 11 is 0. The van der Waals surface area contributed by atoms with Crippen LogP contribution < -0.4 is 5.32 Å². The van der Waals surface area contributed by atoms with E-state index in [4.69, 9.17) is 0 Å². The molecule has 0 aromatic heterocycles. The molecule has 1 aromatic rings. The Morgan fingerprint density at radius 3 is 2.90 bits per heavy atom. The van der Waals surface area contributed by atoms with Crippen molar-refractivity contribution in [2.24, 2.45) is 0 Å². The lowest BCUT2D eigenvalue weighted by atomic mass is 10.1. The average Bonchev–Trinajstić information content (AvgIpc) is 2.94. The quantitative estimate of drug-likeness (QED) is 0.829. The van der Waals surface area contributed by atoms with Crippen molar-refractivity contribution in [2.45, 2.75) is 45.1 Å². The summed E-state index contributed by atoms with van der Waals surface area (Å²) in [7, 11) is 0. The molecule has 3 heteroatoms. The normalized spacial score (nSPS) is 19.1. The standard InChI is InChI=1S/C17H26N2O/c1-2-19-13-7-11-16(19)14-18-17(20)12-6-10-15-8-4-3-5-9-15/h3-5,8-9,16H,2,6-7,10-14H2,1H3,(H,18,20). The van der Waals surface area contributed by atoms with E-state index < -0.39 is 0 Å². The number of nitrogens with one attached hydrogen (secondary N) is 1. The van der Waals surface area contributed by atoms with E-state index in [0.717, 1.165) is 25.9 Å². The van der Waals surface area contributed by atoms with Crippen molar-refractivity contribution in [2.75, 3.05) is 19.6 Å². The highest BCUT2D eigenvalue weighted by molar-refractivity contribution is 5.75. The van der Waals surface area contributed by atoms with Gasteiger partial charge in [0.25, 0.3) is 0 Å². The van der Waals surface area contributed by atoms with Crippen molar-refractivity contribution in [1.29, 1.82) is 0 Å². The lowest BCUT2D eigenvalue weighted by Crippen LogP contribution is -2.39. The lowest BCUT2D eigenvalue weighted by Gasteiger charge is -2.22. The molecule has 1 heterocycles. The molecular formula is C17H26N2O. The fraction of sp³-hybridized carbons (Fsp3) is 0.588. The Balaban J connectivity index is 1.61. The minimum atomic E-state index is 0.198. The Kier molecular flexibility index (Phi) is 6.06. The van der Waals surface area contributed by atoms with Gasteiger partial charge in [0, 0.05) is 19.0 Å². The van der Waals surface area contributed by atoms with E-state index in [1.807, 2.05) is 6.07 Å². The summed E-state index contributed by atoms with van der Waals surface area (Å²) in [5.41, 5.74) is 1.31. The number of rotatable bonds is 7. The SMILES string of the molecule is CCN1CCCC1CNC(=O)CCCc1ccccc1. The molecule has 1 atom stereocenters. The Hall–Kier alpha value is -1.35. The number of aryl methyl sites for hydroxylation is 1. The number of nitrogens with zero attached hydrogens (tertiary/aromatic N) is 1. The Bertz CT molecular complexity index is 405. The van der Waals surface area contributed by atoms with E-state index in [9.17, 15) is 4.79 Å². The van der Waals surface area contributed by atoms with E-state index in [1.165, 1.54) is 24.9 Å². The summed E-state index contributed by atoms with van der Waals surface area (Å²) in [6, 6.07) is 10.9. The number of carbonyl (C=O) groups is 1. The van der Waals surface area contributed by atoms with Gasteiger partial charge in [-0.25, -0.2) is 0 Å². The first kappa shape index (κ1) is 15.0. The third-order valence-electron chi connectivity index (χ3n) is 4.15. The van der Waals surface area contributed by atoms with Crippen molar-refractivity contribution in [3.8, 4) is 0 Å². The van der Waals surface area contributed by atoms with Crippen LogP contribution in [-0.4, -0.2) is 36.5 Å². The van der Waals surface area contributed by atoms with E-state index in [1.54, 1.807) is 0 Å². The number of amides is 1. The van der Waals surface area contributed by atoms with E-state index >= 15 is 0 Å². The van der Waals surface area contributed by atoms with Crippen molar-refractivity contribution < 1.29 is 4.79 Å². The van der Waals surface area contributed by atoms with Gasteiger partial charge in [0.2, 0.25) is 5.91 Å². The van der Waals surface area contributed by atoms with Gasteiger partial charge >= 0.3 is 0 Å². The highest BCUT2D eigenvalue weighted by atomic mass is 16.1. The van der Waals surface area contributed by atoms with Crippen LogP contribution in [0.4, 0.5) is 0 Å². The largest absolute Gasteiger partial charge is 0.355 e. The molecule has 1 saturated heterocycles. The molecule has 0 spiro atoms. The van der Waals surface area contributed by atoms with Gasteiger partial charge in [-0.1, -0.05) is 37.3 Å². The van der Waals surface area contributed by atoms with E-state index in [-0.39, 0.29) is 5.91 Å². The van der Waals surface area contributed by atoms with Crippen LogP contribution in [0.5, 0.6) is 0 Å². The summed E-state index contributed by atoms with van der Waals surface area (Å²) in [4.78, 5) is 14.3. The van der Waals surface area contributed by atoms with Crippen molar-refractivity contribution in [3.63, 3.8) is 0 Å². The molecule has 20 heavy (non-hydrogen) atoms. The molecule has 0 bridgehead atoms. The van der Waals surface area contributed by atoms with Crippen LogP contribution in [0.3, 0.4) is 0 Å². The molecule has 1 aliphatic rings. The zero-order valence-electron chi connectivity index (χ0n) is 12.5. The van der Waals surface area contributed by atoms with Gasteiger partial charge < -0.3 is 5.32 Å². The number of hydrogen-bond donors (Lipinski definition) is 1. The molecule has 3 nitrogen and oxygen atoms in total. The lowest BCUT2D eigenvalue weighted by molar-refractivity contribution is -0.121. The summed E-state index contributed by atoms with van der Waals surface area (Å²) in [6.07, 6.45) is 5.03. The van der Waals surface area contributed by atoms with Crippen LogP contribution in [-0.2, 0) is 11.2 Å². The second kappa shape index (κ2) is 8.05. The predicted molar refractivity (Wildman–Crippen MR) is 82.7 cm³/mol.